The van der Waals surface area contributed by atoms with Gasteiger partial charge in [-0.2, -0.15) is 0 Å². The summed E-state index contributed by atoms with van der Waals surface area (Å²) in [6.07, 6.45) is 2.77. The molecule has 1 unspecified atom stereocenters. The number of amides is 1. The monoisotopic (exact) mass is 339 g/mol. The van der Waals surface area contributed by atoms with Crippen molar-refractivity contribution in [2.75, 3.05) is 19.7 Å². The van der Waals surface area contributed by atoms with Gasteiger partial charge in [-0.1, -0.05) is 12.1 Å². The van der Waals surface area contributed by atoms with Crippen molar-refractivity contribution in [3.8, 4) is 5.75 Å². The molecule has 3 nitrogen and oxygen atoms in total. The number of halogens is 1. The van der Waals surface area contributed by atoms with E-state index in [-0.39, 0.29) is 11.7 Å². The third kappa shape index (κ3) is 3.26. The number of hydrogen-bond acceptors (Lipinski definition) is 2. The van der Waals surface area contributed by atoms with E-state index < -0.39 is 0 Å². The molecule has 2 aromatic carbocycles. The Morgan fingerprint density at radius 2 is 2.16 bits per heavy atom. The first-order valence-corrected chi connectivity index (χ1v) is 8.90. The Balaban J connectivity index is 1.41. The molecule has 0 aromatic heterocycles. The van der Waals surface area contributed by atoms with Gasteiger partial charge in [0.05, 0.1) is 6.61 Å². The number of fused-ring (bicyclic) bond motifs is 1. The summed E-state index contributed by atoms with van der Waals surface area (Å²) in [5.74, 6) is 1.29. The fourth-order valence-electron chi connectivity index (χ4n) is 3.85. The number of aryl methyl sites for hydroxylation is 1. The maximum atomic E-state index is 13.4. The van der Waals surface area contributed by atoms with Gasteiger partial charge in [-0.25, -0.2) is 4.39 Å². The third-order valence-corrected chi connectivity index (χ3v) is 5.26. The second-order valence-corrected chi connectivity index (χ2v) is 7.11. The molecule has 4 heteroatoms. The molecule has 1 fully saturated rings. The molecule has 0 spiro atoms. The van der Waals surface area contributed by atoms with Crippen LogP contribution in [0.2, 0.25) is 0 Å². The van der Waals surface area contributed by atoms with E-state index in [1.54, 1.807) is 6.92 Å². The summed E-state index contributed by atoms with van der Waals surface area (Å²) in [5.41, 5.74) is 3.71. The number of carbonyl (C=O) groups excluding carboxylic acids is 1. The number of benzene rings is 2. The fourth-order valence-corrected chi connectivity index (χ4v) is 3.85. The normalized spacial score (nSPS) is 19.0. The minimum Gasteiger partial charge on any atom is -0.493 e. The first kappa shape index (κ1) is 16.1. The first-order valence-electron chi connectivity index (χ1n) is 8.90. The zero-order valence-electron chi connectivity index (χ0n) is 14.4. The third-order valence-electron chi connectivity index (χ3n) is 5.26. The summed E-state index contributed by atoms with van der Waals surface area (Å²) in [4.78, 5) is 14.7. The van der Waals surface area contributed by atoms with Crippen LogP contribution in [0.5, 0.6) is 5.75 Å². The molecule has 1 amide bonds. The Labute approximate surface area is 147 Å². The Bertz CT molecular complexity index is 818. The SMILES string of the molecule is Cc1cc(CC2CCN(C(=O)c3ccc4c(c3)CCO4)C2)ccc1F. The molecule has 0 radical (unpaired) electrons. The molecule has 130 valence electrons. The number of carbonyl (C=O) groups is 1. The predicted octanol–water partition coefficient (Wildman–Crippen LogP) is 3.77. The molecule has 2 heterocycles. The van der Waals surface area contributed by atoms with E-state index in [1.165, 1.54) is 6.07 Å². The van der Waals surface area contributed by atoms with Crippen molar-refractivity contribution in [2.45, 2.75) is 26.2 Å². The van der Waals surface area contributed by atoms with Gasteiger partial charge < -0.3 is 9.64 Å². The largest absolute Gasteiger partial charge is 0.493 e. The maximum Gasteiger partial charge on any atom is 0.253 e. The molecule has 0 N–H and O–H groups in total. The van der Waals surface area contributed by atoms with Crippen LogP contribution in [0.3, 0.4) is 0 Å². The van der Waals surface area contributed by atoms with E-state index in [1.807, 2.05) is 35.2 Å². The number of likely N-dealkylation sites (tertiary alicyclic amines) is 1. The van der Waals surface area contributed by atoms with Crippen LogP contribution in [0.15, 0.2) is 36.4 Å². The van der Waals surface area contributed by atoms with Crippen LogP contribution >= 0.6 is 0 Å². The van der Waals surface area contributed by atoms with Gasteiger partial charge >= 0.3 is 0 Å². The zero-order valence-corrected chi connectivity index (χ0v) is 14.4. The second kappa shape index (κ2) is 6.51. The summed E-state index contributed by atoms with van der Waals surface area (Å²) in [6.45, 7) is 4.05. The van der Waals surface area contributed by atoms with Crippen LogP contribution in [0.25, 0.3) is 0 Å². The number of rotatable bonds is 3. The number of nitrogens with zero attached hydrogens (tertiary/aromatic N) is 1. The van der Waals surface area contributed by atoms with Crippen molar-refractivity contribution >= 4 is 5.91 Å². The molecule has 2 aromatic rings. The highest BCUT2D eigenvalue weighted by Crippen LogP contribution is 2.28. The summed E-state index contributed by atoms with van der Waals surface area (Å²) in [6, 6.07) is 11.1. The lowest BCUT2D eigenvalue weighted by atomic mass is 9.97. The van der Waals surface area contributed by atoms with Crippen LogP contribution in [0, 0.1) is 18.7 Å². The van der Waals surface area contributed by atoms with Gasteiger partial charge in [0.25, 0.3) is 5.91 Å². The highest BCUT2D eigenvalue weighted by molar-refractivity contribution is 5.94. The summed E-state index contributed by atoms with van der Waals surface area (Å²) >= 11 is 0. The molecule has 0 saturated carbocycles. The lowest BCUT2D eigenvalue weighted by molar-refractivity contribution is 0.0787. The molecule has 2 aliphatic rings. The number of hydrogen-bond donors (Lipinski definition) is 0. The van der Waals surface area contributed by atoms with Crippen molar-refractivity contribution in [1.29, 1.82) is 0 Å². The summed E-state index contributed by atoms with van der Waals surface area (Å²) in [7, 11) is 0. The lowest BCUT2D eigenvalue weighted by Crippen LogP contribution is -2.29. The van der Waals surface area contributed by atoms with Crippen molar-refractivity contribution in [1.82, 2.24) is 4.90 Å². The van der Waals surface area contributed by atoms with Gasteiger partial charge in [-0.3, -0.25) is 4.79 Å². The van der Waals surface area contributed by atoms with Gasteiger partial charge in [-0.05, 0) is 66.6 Å². The molecular weight excluding hydrogens is 317 g/mol. The van der Waals surface area contributed by atoms with E-state index in [4.69, 9.17) is 4.74 Å². The van der Waals surface area contributed by atoms with Crippen molar-refractivity contribution < 1.29 is 13.9 Å². The summed E-state index contributed by atoms with van der Waals surface area (Å²) in [5, 5.41) is 0. The average Bonchev–Trinajstić information content (AvgIpc) is 3.26. The Kier molecular flexibility index (Phi) is 4.20. The quantitative estimate of drug-likeness (QED) is 0.852. The van der Waals surface area contributed by atoms with Crippen LogP contribution in [0.1, 0.15) is 33.5 Å². The molecule has 0 aliphatic carbocycles. The van der Waals surface area contributed by atoms with Crippen LogP contribution in [-0.2, 0) is 12.8 Å². The molecular formula is C21H22FNO2. The van der Waals surface area contributed by atoms with E-state index >= 15 is 0 Å². The molecule has 1 atom stereocenters. The van der Waals surface area contributed by atoms with E-state index in [0.29, 0.717) is 18.1 Å². The fraction of sp³-hybridized carbons (Fsp3) is 0.381. The highest BCUT2D eigenvalue weighted by atomic mass is 19.1. The van der Waals surface area contributed by atoms with Gasteiger partial charge in [0.15, 0.2) is 0 Å². The standard InChI is InChI=1S/C21H22FNO2/c1-14-10-15(2-4-19(14)22)11-16-6-8-23(13-16)21(24)18-3-5-20-17(12-18)7-9-25-20/h2-5,10,12,16H,6-9,11,13H2,1H3. The van der Waals surface area contributed by atoms with Crippen LogP contribution < -0.4 is 4.74 Å². The van der Waals surface area contributed by atoms with Gasteiger partial charge in [0.2, 0.25) is 0 Å². The van der Waals surface area contributed by atoms with Crippen molar-refractivity contribution in [3.05, 3.63) is 64.5 Å². The van der Waals surface area contributed by atoms with E-state index in [0.717, 1.165) is 54.8 Å². The van der Waals surface area contributed by atoms with Gasteiger partial charge in [0, 0.05) is 25.1 Å². The first-order chi connectivity index (χ1) is 12.1. The van der Waals surface area contributed by atoms with Crippen LogP contribution in [0.4, 0.5) is 4.39 Å². The number of ether oxygens (including phenoxy) is 1. The topological polar surface area (TPSA) is 29.5 Å². The Morgan fingerprint density at radius 1 is 1.28 bits per heavy atom. The minimum absolute atomic E-state index is 0.104. The molecule has 0 bridgehead atoms. The Morgan fingerprint density at radius 3 is 3.00 bits per heavy atom. The smallest absolute Gasteiger partial charge is 0.253 e. The van der Waals surface area contributed by atoms with E-state index in [2.05, 4.69) is 0 Å². The maximum absolute atomic E-state index is 13.4. The highest BCUT2D eigenvalue weighted by Gasteiger charge is 2.28. The van der Waals surface area contributed by atoms with Gasteiger partial charge in [-0.15, -0.1) is 0 Å². The predicted molar refractivity (Wildman–Crippen MR) is 94.5 cm³/mol. The lowest BCUT2D eigenvalue weighted by Gasteiger charge is -2.17. The Hall–Kier alpha value is -2.36. The molecule has 4 rings (SSSR count). The summed E-state index contributed by atoms with van der Waals surface area (Å²) < 4.78 is 18.9. The zero-order chi connectivity index (χ0) is 17.4. The van der Waals surface area contributed by atoms with E-state index in [9.17, 15) is 9.18 Å². The minimum atomic E-state index is -0.160. The molecule has 2 aliphatic heterocycles. The van der Waals surface area contributed by atoms with Crippen molar-refractivity contribution in [3.63, 3.8) is 0 Å². The van der Waals surface area contributed by atoms with Crippen molar-refractivity contribution in [2.24, 2.45) is 5.92 Å². The van der Waals surface area contributed by atoms with Crippen LogP contribution in [-0.4, -0.2) is 30.5 Å². The molecule has 25 heavy (non-hydrogen) atoms. The molecule has 1 saturated heterocycles. The van der Waals surface area contributed by atoms with Gasteiger partial charge in [0.1, 0.15) is 11.6 Å². The second-order valence-electron chi connectivity index (χ2n) is 7.11. The average molecular weight is 339 g/mol.